The van der Waals surface area contributed by atoms with E-state index in [0.717, 1.165) is 5.52 Å². The van der Waals surface area contributed by atoms with E-state index < -0.39 is 0 Å². The number of amides is 1. The van der Waals surface area contributed by atoms with Gasteiger partial charge in [0.25, 0.3) is 5.91 Å². The number of nitrogens with zero attached hydrogens (tertiary/aromatic N) is 2. The van der Waals surface area contributed by atoms with E-state index in [1.807, 2.05) is 0 Å². The summed E-state index contributed by atoms with van der Waals surface area (Å²) in [6, 6.07) is 10.6. The number of fused-ring (bicyclic) bond motifs is 1. The van der Waals surface area contributed by atoms with Crippen LogP contribution in [0.2, 0.25) is 0 Å². The Morgan fingerprint density at radius 2 is 1.65 bits per heavy atom. The first kappa shape index (κ1) is 12.2. The van der Waals surface area contributed by atoms with E-state index in [1.54, 1.807) is 30.6 Å². The second-order valence-electron chi connectivity index (χ2n) is 4.22. The maximum Gasteiger partial charge on any atom is 0.255 e. The van der Waals surface area contributed by atoms with Crippen molar-refractivity contribution in [3.63, 3.8) is 0 Å². The second kappa shape index (κ2) is 5.05. The first-order valence-electron chi connectivity index (χ1n) is 6.00. The van der Waals surface area contributed by atoms with Gasteiger partial charge in [-0.2, -0.15) is 0 Å². The summed E-state index contributed by atoms with van der Waals surface area (Å²) in [4.78, 5) is 20.3. The summed E-state index contributed by atoms with van der Waals surface area (Å²) in [7, 11) is 0. The van der Waals surface area contributed by atoms with Gasteiger partial charge in [-0.25, -0.2) is 4.39 Å². The van der Waals surface area contributed by atoms with Gasteiger partial charge in [-0.3, -0.25) is 14.8 Å². The Bertz CT molecular complexity index is 771. The van der Waals surface area contributed by atoms with Crippen LogP contribution in [0.25, 0.3) is 11.0 Å². The molecular formula is C15H10FN3O. The SMILES string of the molecule is O=C(Nc1ccc2nccnc2c1)c1ccc(F)cc1. The van der Waals surface area contributed by atoms with Gasteiger partial charge in [-0.15, -0.1) is 0 Å². The Hall–Kier alpha value is -2.82. The molecule has 0 radical (unpaired) electrons. The minimum Gasteiger partial charge on any atom is -0.322 e. The summed E-state index contributed by atoms with van der Waals surface area (Å²) in [6.07, 6.45) is 3.20. The molecule has 0 saturated carbocycles. The van der Waals surface area contributed by atoms with Crippen LogP contribution in [0.1, 0.15) is 10.4 Å². The van der Waals surface area contributed by atoms with Crippen LogP contribution in [0.15, 0.2) is 54.9 Å². The van der Waals surface area contributed by atoms with Crippen molar-refractivity contribution in [2.45, 2.75) is 0 Å². The molecule has 0 fully saturated rings. The first-order chi connectivity index (χ1) is 9.72. The fourth-order valence-electron chi connectivity index (χ4n) is 1.85. The molecule has 5 heteroatoms. The third-order valence-electron chi connectivity index (χ3n) is 2.83. The van der Waals surface area contributed by atoms with Gasteiger partial charge in [-0.1, -0.05) is 0 Å². The standard InChI is InChI=1S/C15H10FN3O/c16-11-3-1-10(2-4-11)15(20)19-12-5-6-13-14(9-12)18-8-7-17-13/h1-9H,(H,19,20). The number of hydrogen-bond acceptors (Lipinski definition) is 3. The summed E-state index contributed by atoms with van der Waals surface area (Å²) in [5, 5.41) is 2.74. The fraction of sp³-hybridized carbons (Fsp3) is 0. The Morgan fingerprint density at radius 1 is 0.950 bits per heavy atom. The highest BCUT2D eigenvalue weighted by Crippen LogP contribution is 2.16. The molecule has 4 nitrogen and oxygen atoms in total. The Morgan fingerprint density at radius 3 is 2.40 bits per heavy atom. The van der Waals surface area contributed by atoms with Crippen molar-refractivity contribution in [3.8, 4) is 0 Å². The maximum absolute atomic E-state index is 12.8. The molecule has 1 aromatic heterocycles. The third kappa shape index (κ3) is 2.47. The zero-order valence-electron chi connectivity index (χ0n) is 10.4. The van der Waals surface area contributed by atoms with Gasteiger partial charge < -0.3 is 5.32 Å². The van der Waals surface area contributed by atoms with Crippen molar-refractivity contribution in [3.05, 3.63) is 66.2 Å². The highest BCUT2D eigenvalue weighted by Gasteiger charge is 2.06. The van der Waals surface area contributed by atoms with Crippen molar-refractivity contribution in [1.82, 2.24) is 9.97 Å². The minimum atomic E-state index is -0.373. The number of hydrogen-bond donors (Lipinski definition) is 1. The first-order valence-corrected chi connectivity index (χ1v) is 6.00. The van der Waals surface area contributed by atoms with Gasteiger partial charge in [0.1, 0.15) is 5.82 Å². The van der Waals surface area contributed by atoms with E-state index in [4.69, 9.17) is 0 Å². The Labute approximate surface area is 114 Å². The number of rotatable bonds is 2. The molecule has 20 heavy (non-hydrogen) atoms. The number of benzene rings is 2. The molecule has 0 spiro atoms. The lowest BCUT2D eigenvalue weighted by atomic mass is 10.2. The second-order valence-corrected chi connectivity index (χ2v) is 4.22. The monoisotopic (exact) mass is 267 g/mol. The van der Waals surface area contributed by atoms with Crippen LogP contribution in [0, 0.1) is 5.82 Å². The van der Waals surface area contributed by atoms with Gasteiger partial charge in [-0.05, 0) is 42.5 Å². The van der Waals surface area contributed by atoms with Gasteiger partial charge in [0.15, 0.2) is 0 Å². The molecule has 3 aromatic rings. The highest BCUT2D eigenvalue weighted by atomic mass is 19.1. The Balaban J connectivity index is 1.85. The van der Waals surface area contributed by atoms with Crippen molar-refractivity contribution in [2.24, 2.45) is 0 Å². The fourth-order valence-corrected chi connectivity index (χ4v) is 1.85. The van der Waals surface area contributed by atoms with Crippen LogP contribution >= 0.6 is 0 Å². The largest absolute Gasteiger partial charge is 0.322 e. The molecule has 0 atom stereocenters. The lowest BCUT2D eigenvalue weighted by molar-refractivity contribution is 0.102. The van der Waals surface area contributed by atoms with Gasteiger partial charge in [0.05, 0.1) is 11.0 Å². The number of halogens is 1. The number of aromatic nitrogens is 2. The lowest BCUT2D eigenvalue weighted by Gasteiger charge is -2.06. The average molecular weight is 267 g/mol. The van der Waals surface area contributed by atoms with Crippen molar-refractivity contribution < 1.29 is 9.18 Å². The average Bonchev–Trinajstić information content (AvgIpc) is 2.48. The number of nitrogens with one attached hydrogen (secondary N) is 1. The molecule has 3 rings (SSSR count). The smallest absolute Gasteiger partial charge is 0.255 e. The van der Waals surface area contributed by atoms with Gasteiger partial charge >= 0.3 is 0 Å². The molecule has 1 amide bonds. The normalized spacial score (nSPS) is 10.4. The Kier molecular flexibility index (Phi) is 3.09. The number of anilines is 1. The van der Waals surface area contributed by atoms with Crippen LogP contribution in [0.3, 0.4) is 0 Å². The molecule has 0 saturated heterocycles. The summed E-state index contributed by atoms with van der Waals surface area (Å²) >= 11 is 0. The van der Waals surface area contributed by atoms with E-state index in [9.17, 15) is 9.18 Å². The van der Waals surface area contributed by atoms with E-state index in [0.29, 0.717) is 16.8 Å². The topological polar surface area (TPSA) is 54.9 Å². The van der Waals surface area contributed by atoms with Crippen LogP contribution < -0.4 is 5.32 Å². The summed E-state index contributed by atoms with van der Waals surface area (Å²) in [5.74, 6) is -0.671. The predicted molar refractivity (Wildman–Crippen MR) is 73.9 cm³/mol. The summed E-state index contributed by atoms with van der Waals surface area (Å²) < 4.78 is 12.8. The molecule has 1 N–H and O–H groups in total. The molecule has 1 heterocycles. The molecule has 2 aromatic carbocycles. The molecule has 0 unspecified atom stereocenters. The summed E-state index contributed by atoms with van der Waals surface area (Å²) in [6.45, 7) is 0. The van der Waals surface area contributed by atoms with Crippen LogP contribution in [0.4, 0.5) is 10.1 Å². The van der Waals surface area contributed by atoms with E-state index in [2.05, 4.69) is 15.3 Å². The lowest BCUT2D eigenvalue weighted by Crippen LogP contribution is -2.11. The molecule has 0 aliphatic carbocycles. The zero-order chi connectivity index (χ0) is 13.9. The molecule has 98 valence electrons. The number of carbonyl (C=O) groups excluding carboxylic acids is 1. The van der Waals surface area contributed by atoms with E-state index in [1.165, 1.54) is 24.3 Å². The maximum atomic E-state index is 12.8. The van der Waals surface area contributed by atoms with E-state index >= 15 is 0 Å². The van der Waals surface area contributed by atoms with Crippen LogP contribution in [0.5, 0.6) is 0 Å². The molecular weight excluding hydrogens is 257 g/mol. The highest BCUT2D eigenvalue weighted by molar-refractivity contribution is 6.04. The number of carbonyl (C=O) groups is 1. The molecule has 0 aliphatic heterocycles. The van der Waals surface area contributed by atoms with Crippen molar-refractivity contribution >= 4 is 22.6 Å². The van der Waals surface area contributed by atoms with Crippen molar-refractivity contribution in [2.75, 3.05) is 5.32 Å². The van der Waals surface area contributed by atoms with Crippen molar-refractivity contribution in [1.29, 1.82) is 0 Å². The predicted octanol–water partition coefficient (Wildman–Crippen LogP) is 3.02. The molecule has 0 bridgehead atoms. The van der Waals surface area contributed by atoms with Gasteiger partial charge in [0.2, 0.25) is 0 Å². The van der Waals surface area contributed by atoms with E-state index in [-0.39, 0.29) is 11.7 Å². The minimum absolute atomic E-state index is 0.298. The quantitative estimate of drug-likeness (QED) is 0.776. The van der Waals surface area contributed by atoms with Crippen LogP contribution in [-0.4, -0.2) is 15.9 Å². The van der Waals surface area contributed by atoms with Gasteiger partial charge in [0, 0.05) is 23.6 Å². The summed E-state index contributed by atoms with van der Waals surface area (Å²) in [5.41, 5.74) is 2.47. The third-order valence-corrected chi connectivity index (χ3v) is 2.83. The zero-order valence-corrected chi connectivity index (χ0v) is 10.4. The molecule has 0 aliphatic rings. The van der Waals surface area contributed by atoms with Crippen LogP contribution in [-0.2, 0) is 0 Å².